The highest BCUT2D eigenvalue weighted by molar-refractivity contribution is 6.33. The number of nitrogens with one attached hydrogen (secondary N) is 2. The number of nitrogens with zero attached hydrogens (tertiary/aromatic N) is 3. The molecule has 2 N–H and O–H groups in total. The first-order chi connectivity index (χ1) is 13.2. The van der Waals surface area contributed by atoms with E-state index in [1.165, 1.54) is 0 Å². The molecular weight excluding hydrogens is 399 g/mol. The molecule has 2 heterocycles. The zero-order chi connectivity index (χ0) is 20.7. The molecule has 0 spiro atoms. The molecule has 1 aromatic rings. The van der Waals surface area contributed by atoms with Gasteiger partial charge in [0.05, 0.1) is 17.1 Å². The third-order valence-electron chi connectivity index (χ3n) is 4.26. The molecule has 0 bridgehead atoms. The van der Waals surface area contributed by atoms with E-state index in [4.69, 9.17) is 11.6 Å². The summed E-state index contributed by atoms with van der Waals surface area (Å²) in [4.78, 5) is 31.0. The van der Waals surface area contributed by atoms with Gasteiger partial charge in [0, 0.05) is 38.9 Å². The van der Waals surface area contributed by atoms with Crippen LogP contribution in [0.4, 0.5) is 23.8 Å². The van der Waals surface area contributed by atoms with Crippen molar-refractivity contribution >= 4 is 29.4 Å². The van der Waals surface area contributed by atoms with Crippen LogP contribution in [0.1, 0.15) is 25.3 Å². The number of pyridine rings is 1. The van der Waals surface area contributed by atoms with Crippen molar-refractivity contribution in [2.45, 2.75) is 25.9 Å². The predicted molar refractivity (Wildman–Crippen MR) is 99.4 cm³/mol. The molecule has 0 aromatic carbocycles. The second-order valence-electron chi connectivity index (χ2n) is 6.45. The number of hydrogen-bond acceptors (Lipinski definition) is 5. The van der Waals surface area contributed by atoms with E-state index in [-0.39, 0.29) is 17.4 Å². The topological polar surface area (TPSA) is 77.6 Å². The van der Waals surface area contributed by atoms with Crippen molar-refractivity contribution in [3.63, 3.8) is 0 Å². The lowest BCUT2D eigenvalue weighted by atomic mass is 10.2. The molecule has 1 fully saturated rings. The van der Waals surface area contributed by atoms with Crippen LogP contribution in [0, 0.1) is 0 Å². The van der Waals surface area contributed by atoms with Gasteiger partial charge in [-0.3, -0.25) is 15.0 Å². The van der Waals surface area contributed by atoms with Gasteiger partial charge in [-0.1, -0.05) is 24.9 Å². The minimum Gasteiger partial charge on any atom is -0.353 e. The maximum Gasteiger partial charge on any atom is 0.417 e. The van der Waals surface area contributed by atoms with Gasteiger partial charge in [0.2, 0.25) is 5.91 Å². The van der Waals surface area contributed by atoms with E-state index in [1.54, 1.807) is 4.90 Å². The fourth-order valence-corrected chi connectivity index (χ4v) is 3.01. The van der Waals surface area contributed by atoms with Crippen LogP contribution in [0.3, 0.4) is 0 Å². The van der Waals surface area contributed by atoms with Crippen LogP contribution in [0.15, 0.2) is 12.3 Å². The van der Waals surface area contributed by atoms with E-state index < -0.39 is 23.7 Å². The van der Waals surface area contributed by atoms with Gasteiger partial charge in [-0.25, -0.2) is 9.78 Å². The van der Waals surface area contributed by atoms with Crippen LogP contribution in [0.25, 0.3) is 0 Å². The Morgan fingerprint density at radius 2 is 1.93 bits per heavy atom. The molecule has 0 radical (unpaired) electrons. The van der Waals surface area contributed by atoms with Gasteiger partial charge in [-0.2, -0.15) is 13.2 Å². The first-order valence-electron chi connectivity index (χ1n) is 8.98. The van der Waals surface area contributed by atoms with E-state index in [9.17, 15) is 22.8 Å². The largest absolute Gasteiger partial charge is 0.417 e. The molecule has 1 aliphatic rings. The number of aromatic nitrogens is 1. The highest BCUT2D eigenvalue weighted by Crippen LogP contribution is 2.33. The Labute approximate surface area is 166 Å². The zero-order valence-corrected chi connectivity index (χ0v) is 16.2. The number of urea groups is 1. The summed E-state index contributed by atoms with van der Waals surface area (Å²) >= 11 is 5.97. The SMILES string of the molecule is CCCCNC(=O)NC(=O)CN1CCN(c2ncc(C(F)(F)F)cc2Cl)CC1. The average molecular weight is 422 g/mol. The number of amides is 3. The van der Waals surface area contributed by atoms with Crippen molar-refractivity contribution in [2.75, 3.05) is 44.2 Å². The van der Waals surface area contributed by atoms with Crippen LogP contribution in [0.2, 0.25) is 5.02 Å². The number of alkyl halides is 3. The summed E-state index contributed by atoms with van der Waals surface area (Å²) in [6, 6.07) is 0.346. The summed E-state index contributed by atoms with van der Waals surface area (Å²) in [7, 11) is 0. The molecule has 7 nitrogen and oxygen atoms in total. The maximum atomic E-state index is 12.7. The van der Waals surface area contributed by atoms with Gasteiger partial charge < -0.3 is 10.2 Å². The number of carbonyl (C=O) groups excluding carboxylic acids is 2. The van der Waals surface area contributed by atoms with Crippen molar-refractivity contribution in [3.8, 4) is 0 Å². The number of unbranched alkanes of at least 4 members (excludes halogenated alkanes) is 1. The Kier molecular flexibility index (Phi) is 7.88. The molecule has 11 heteroatoms. The minimum atomic E-state index is -4.50. The molecule has 1 aliphatic heterocycles. The Balaban J connectivity index is 1.81. The van der Waals surface area contributed by atoms with Gasteiger partial charge in [-0.15, -0.1) is 0 Å². The van der Waals surface area contributed by atoms with Crippen molar-refractivity contribution in [2.24, 2.45) is 0 Å². The monoisotopic (exact) mass is 421 g/mol. The number of anilines is 1. The number of hydrogen-bond donors (Lipinski definition) is 2. The van der Waals surface area contributed by atoms with Gasteiger partial charge in [-0.05, 0) is 12.5 Å². The van der Waals surface area contributed by atoms with E-state index in [0.29, 0.717) is 32.7 Å². The van der Waals surface area contributed by atoms with Crippen LogP contribution in [0.5, 0.6) is 0 Å². The molecule has 1 aromatic heterocycles. The molecule has 3 amide bonds. The smallest absolute Gasteiger partial charge is 0.353 e. The highest BCUT2D eigenvalue weighted by atomic mass is 35.5. The van der Waals surface area contributed by atoms with Crippen molar-refractivity contribution in [1.29, 1.82) is 0 Å². The van der Waals surface area contributed by atoms with Crippen LogP contribution >= 0.6 is 11.6 Å². The van der Waals surface area contributed by atoms with E-state index >= 15 is 0 Å². The summed E-state index contributed by atoms with van der Waals surface area (Å²) in [5, 5.41) is 4.81. The summed E-state index contributed by atoms with van der Waals surface area (Å²) in [6.07, 6.45) is -1.96. The van der Waals surface area contributed by atoms with Crippen LogP contribution in [-0.2, 0) is 11.0 Å². The number of piperazine rings is 1. The molecule has 28 heavy (non-hydrogen) atoms. The maximum absolute atomic E-state index is 12.7. The molecular formula is C17H23ClF3N5O2. The summed E-state index contributed by atoms with van der Waals surface area (Å²) < 4.78 is 38.1. The lowest BCUT2D eigenvalue weighted by Crippen LogP contribution is -2.51. The molecule has 0 unspecified atom stereocenters. The molecule has 0 atom stereocenters. The van der Waals surface area contributed by atoms with E-state index in [0.717, 1.165) is 25.1 Å². The third kappa shape index (κ3) is 6.52. The Hall–Kier alpha value is -2.07. The Morgan fingerprint density at radius 1 is 1.25 bits per heavy atom. The normalized spacial score (nSPS) is 15.4. The van der Waals surface area contributed by atoms with Crippen molar-refractivity contribution in [1.82, 2.24) is 20.5 Å². The van der Waals surface area contributed by atoms with Gasteiger partial charge in [0.1, 0.15) is 5.82 Å². The van der Waals surface area contributed by atoms with Crippen LogP contribution < -0.4 is 15.5 Å². The average Bonchev–Trinajstić information content (AvgIpc) is 2.62. The second kappa shape index (κ2) is 9.92. The summed E-state index contributed by atoms with van der Waals surface area (Å²) in [5.41, 5.74) is -0.895. The molecule has 0 aliphatic carbocycles. The van der Waals surface area contributed by atoms with Crippen LogP contribution in [-0.4, -0.2) is 61.1 Å². The minimum absolute atomic E-state index is 0.0587. The summed E-state index contributed by atoms with van der Waals surface area (Å²) in [5.74, 6) is -0.123. The zero-order valence-electron chi connectivity index (χ0n) is 15.5. The fourth-order valence-electron chi connectivity index (χ4n) is 2.73. The van der Waals surface area contributed by atoms with Gasteiger partial charge in [0.15, 0.2) is 0 Å². The van der Waals surface area contributed by atoms with E-state index in [2.05, 4.69) is 15.6 Å². The highest BCUT2D eigenvalue weighted by Gasteiger charge is 2.32. The molecule has 0 saturated carbocycles. The van der Waals surface area contributed by atoms with Crippen molar-refractivity contribution < 1.29 is 22.8 Å². The third-order valence-corrected chi connectivity index (χ3v) is 4.54. The van der Waals surface area contributed by atoms with Crippen molar-refractivity contribution in [3.05, 3.63) is 22.8 Å². The Bertz CT molecular complexity index is 694. The van der Waals surface area contributed by atoms with E-state index in [1.807, 2.05) is 11.8 Å². The fraction of sp³-hybridized carbons (Fsp3) is 0.588. The quantitative estimate of drug-likeness (QED) is 0.690. The molecule has 2 rings (SSSR count). The lowest BCUT2D eigenvalue weighted by Gasteiger charge is -2.35. The lowest BCUT2D eigenvalue weighted by molar-refractivity contribution is -0.137. The number of rotatable bonds is 6. The Morgan fingerprint density at radius 3 is 2.50 bits per heavy atom. The number of carbonyl (C=O) groups is 2. The number of halogens is 4. The molecule has 1 saturated heterocycles. The first kappa shape index (κ1) is 22.2. The van der Waals surface area contributed by atoms with Gasteiger partial charge in [0.25, 0.3) is 0 Å². The number of imide groups is 1. The molecule has 156 valence electrons. The standard InChI is InChI=1S/C17H23ClF3N5O2/c1-2-3-4-22-16(28)24-14(27)11-25-5-7-26(8-6-25)15-13(18)9-12(10-23-15)17(19,20)21/h9-10H,2-8,11H2,1H3,(H2,22,24,27,28). The van der Waals surface area contributed by atoms with Gasteiger partial charge >= 0.3 is 12.2 Å². The predicted octanol–water partition coefficient (Wildman–Crippen LogP) is 2.50. The first-order valence-corrected chi connectivity index (χ1v) is 9.36. The summed E-state index contributed by atoms with van der Waals surface area (Å²) in [6.45, 7) is 4.45. The second-order valence-corrected chi connectivity index (χ2v) is 6.86.